The van der Waals surface area contributed by atoms with Crippen molar-refractivity contribution >= 4 is 27.3 Å². The van der Waals surface area contributed by atoms with Crippen LogP contribution in [0.25, 0.3) is 0 Å². The first-order valence-corrected chi connectivity index (χ1v) is 7.19. The zero-order valence-electron chi connectivity index (χ0n) is 9.37. The van der Waals surface area contributed by atoms with Crippen LogP contribution in [0.15, 0.2) is 23.1 Å². The first-order valence-electron chi connectivity index (χ1n) is 5.37. The highest BCUT2D eigenvalue weighted by Gasteiger charge is 2.33. The highest BCUT2D eigenvalue weighted by Crippen LogP contribution is 2.30. The van der Waals surface area contributed by atoms with E-state index in [4.69, 9.17) is 11.6 Å². The Bertz CT molecular complexity index is 582. The van der Waals surface area contributed by atoms with Crippen LogP contribution in [0.5, 0.6) is 0 Å². The van der Waals surface area contributed by atoms with Gasteiger partial charge in [-0.15, -0.1) is 0 Å². The van der Waals surface area contributed by atoms with Crippen LogP contribution in [0.3, 0.4) is 0 Å². The van der Waals surface area contributed by atoms with Gasteiger partial charge < -0.3 is 0 Å². The van der Waals surface area contributed by atoms with Gasteiger partial charge in [-0.2, -0.15) is 4.31 Å². The van der Waals surface area contributed by atoms with Crippen molar-refractivity contribution in [2.45, 2.75) is 17.7 Å². The van der Waals surface area contributed by atoms with Gasteiger partial charge in [0.1, 0.15) is 0 Å². The summed E-state index contributed by atoms with van der Waals surface area (Å²) in [5, 5.41) is 11.0. The van der Waals surface area contributed by atoms with Gasteiger partial charge in [0.25, 0.3) is 5.69 Å². The summed E-state index contributed by atoms with van der Waals surface area (Å²) in [5.74, 6) is 0. The van der Waals surface area contributed by atoms with Crippen LogP contribution in [-0.2, 0) is 10.0 Å². The molecular formula is C10H11ClN2O4S. The Hall–Kier alpha value is -1.18. The van der Waals surface area contributed by atoms with E-state index in [1.807, 2.05) is 0 Å². The van der Waals surface area contributed by atoms with Crippen LogP contribution in [0.4, 0.5) is 5.69 Å². The maximum absolute atomic E-state index is 12.2. The van der Waals surface area contributed by atoms with Crippen molar-refractivity contribution in [1.82, 2.24) is 4.31 Å². The standard InChI is InChI=1S/C10H11ClN2O4S/c11-8-3-4-10(9(7-8)13(14)15)18(16,17)12-5-1-2-6-12/h3-4,7H,1-2,5-6H2. The van der Waals surface area contributed by atoms with Gasteiger partial charge in [0.2, 0.25) is 10.0 Å². The molecule has 6 nitrogen and oxygen atoms in total. The third kappa shape index (κ3) is 2.33. The van der Waals surface area contributed by atoms with Gasteiger partial charge in [-0.1, -0.05) is 11.6 Å². The molecule has 1 saturated heterocycles. The fourth-order valence-corrected chi connectivity index (χ4v) is 3.74. The number of benzene rings is 1. The summed E-state index contributed by atoms with van der Waals surface area (Å²) in [5.41, 5.74) is -0.477. The molecule has 1 aliphatic heterocycles. The summed E-state index contributed by atoms with van der Waals surface area (Å²) in [4.78, 5) is 9.88. The number of hydrogen-bond acceptors (Lipinski definition) is 4. The Balaban J connectivity index is 2.53. The van der Waals surface area contributed by atoms with E-state index in [-0.39, 0.29) is 9.92 Å². The number of rotatable bonds is 3. The highest BCUT2D eigenvalue weighted by molar-refractivity contribution is 7.89. The second kappa shape index (κ2) is 4.83. The van der Waals surface area contributed by atoms with Gasteiger partial charge in [-0.25, -0.2) is 8.42 Å². The number of hydrogen-bond donors (Lipinski definition) is 0. The summed E-state index contributed by atoms with van der Waals surface area (Å²) < 4.78 is 25.8. The minimum absolute atomic E-state index is 0.141. The second-order valence-electron chi connectivity index (χ2n) is 3.98. The Morgan fingerprint density at radius 2 is 1.89 bits per heavy atom. The Kier molecular flexibility index (Phi) is 3.56. The van der Waals surface area contributed by atoms with E-state index in [0.29, 0.717) is 13.1 Å². The third-order valence-corrected chi connectivity index (χ3v) is 4.98. The largest absolute Gasteiger partial charge is 0.290 e. The molecule has 8 heteroatoms. The molecule has 0 bridgehead atoms. The number of nitro groups is 1. The molecule has 2 rings (SSSR count). The summed E-state index contributed by atoms with van der Waals surface area (Å²) in [6.45, 7) is 0.810. The summed E-state index contributed by atoms with van der Waals surface area (Å²) in [7, 11) is -3.80. The average molecular weight is 291 g/mol. The molecule has 98 valence electrons. The average Bonchev–Trinajstić information content (AvgIpc) is 2.82. The summed E-state index contributed by atoms with van der Waals surface area (Å²) in [6.07, 6.45) is 1.56. The van der Waals surface area contributed by atoms with E-state index >= 15 is 0 Å². The Labute approximate surface area is 109 Å². The first-order chi connectivity index (χ1) is 8.43. The molecule has 0 unspecified atom stereocenters. The zero-order chi connectivity index (χ0) is 13.3. The van der Waals surface area contributed by atoms with Crippen molar-refractivity contribution in [3.63, 3.8) is 0 Å². The first kappa shape index (κ1) is 13.3. The summed E-state index contributed by atoms with van der Waals surface area (Å²) >= 11 is 5.66. The van der Waals surface area contributed by atoms with E-state index in [1.165, 1.54) is 16.4 Å². The number of nitro benzene ring substituents is 1. The molecule has 0 aliphatic carbocycles. The molecule has 1 heterocycles. The minimum Gasteiger partial charge on any atom is -0.258 e. The van der Waals surface area contributed by atoms with Crippen molar-refractivity contribution in [1.29, 1.82) is 0 Å². The highest BCUT2D eigenvalue weighted by atomic mass is 35.5. The monoisotopic (exact) mass is 290 g/mol. The number of halogens is 1. The van der Waals surface area contributed by atoms with Crippen LogP contribution < -0.4 is 0 Å². The van der Waals surface area contributed by atoms with Crippen molar-refractivity contribution < 1.29 is 13.3 Å². The van der Waals surface area contributed by atoms with Crippen LogP contribution in [0.1, 0.15) is 12.8 Å². The molecule has 0 amide bonds. The molecular weight excluding hydrogens is 280 g/mol. The fraction of sp³-hybridized carbons (Fsp3) is 0.400. The van der Waals surface area contributed by atoms with E-state index in [0.717, 1.165) is 18.9 Å². The van der Waals surface area contributed by atoms with Crippen LogP contribution >= 0.6 is 11.6 Å². The molecule has 0 N–H and O–H groups in total. The third-order valence-electron chi connectivity index (χ3n) is 2.80. The molecule has 0 radical (unpaired) electrons. The van der Waals surface area contributed by atoms with Crippen molar-refractivity contribution in [3.05, 3.63) is 33.3 Å². The van der Waals surface area contributed by atoms with E-state index in [2.05, 4.69) is 0 Å². The second-order valence-corrected chi connectivity index (χ2v) is 6.32. The molecule has 0 spiro atoms. The lowest BCUT2D eigenvalue weighted by Crippen LogP contribution is -2.28. The SMILES string of the molecule is O=[N+]([O-])c1cc(Cl)ccc1S(=O)(=O)N1CCCC1. The van der Waals surface area contributed by atoms with Gasteiger partial charge in [0, 0.05) is 24.2 Å². The Morgan fingerprint density at radius 3 is 2.44 bits per heavy atom. The predicted molar refractivity (Wildman–Crippen MR) is 66.1 cm³/mol. The van der Waals surface area contributed by atoms with Crippen LogP contribution in [-0.4, -0.2) is 30.7 Å². The van der Waals surface area contributed by atoms with Crippen LogP contribution in [0, 0.1) is 10.1 Å². The minimum atomic E-state index is -3.80. The topological polar surface area (TPSA) is 80.5 Å². The molecule has 1 aliphatic rings. The van der Waals surface area contributed by atoms with E-state index in [9.17, 15) is 18.5 Å². The van der Waals surface area contributed by atoms with Gasteiger partial charge >= 0.3 is 0 Å². The van der Waals surface area contributed by atoms with Gasteiger partial charge in [-0.3, -0.25) is 10.1 Å². The smallest absolute Gasteiger partial charge is 0.258 e. The van der Waals surface area contributed by atoms with E-state index < -0.39 is 20.6 Å². The molecule has 1 aromatic rings. The van der Waals surface area contributed by atoms with Crippen molar-refractivity contribution in [2.24, 2.45) is 0 Å². The normalized spacial score (nSPS) is 16.9. The molecule has 0 saturated carbocycles. The summed E-state index contributed by atoms with van der Waals surface area (Å²) in [6, 6.07) is 3.59. The predicted octanol–water partition coefficient (Wildman–Crippen LogP) is 2.03. The fourth-order valence-electron chi connectivity index (χ4n) is 1.92. The lowest BCUT2D eigenvalue weighted by atomic mass is 10.3. The van der Waals surface area contributed by atoms with Crippen molar-refractivity contribution in [3.8, 4) is 0 Å². The molecule has 0 aromatic heterocycles. The number of sulfonamides is 1. The van der Waals surface area contributed by atoms with Crippen LogP contribution in [0.2, 0.25) is 5.02 Å². The Morgan fingerprint density at radius 1 is 1.28 bits per heavy atom. The van der Waals surface area contributed by atoms with Crippen molar-refractivity contribution in [2.75, 3.05) is 13.1 Å². The quantitative estimate of drug-likeness (QED) is 0.630. The molecule has 18 heavy (non-hydrogen) atoms. The lowest BCUT2D eigenvalue weighted by Gasteiger charge is -2.15. The maximum atomic E-state index is 12.2. The molecule has 1 fully saturated rings. The van der Waals surface area contributed by atoms with Gasteiger partial charge in [-0.05, 0) is 25.0 Å². The van der Waals surface area contributed by atoms with Gasteiger partial charge in [0.05, 0.1) is 4.92 Å². The zero-order valence-corrected chi connectivity index (χ0v) is 10.9. The number of nitrogens with zero attached hydrogens (tertiary/aromatic N) is 2. The van der Waals surface area contributed by atoms with Gasteiger partial charge in [0.15, 0.2) is 4.90 Å². The lowest BCUT2D eigenvalue weighted by molar-refractivity contribution is -0.387. The molecule has 1 aromatic carbocycles. The van der Waals surface area contributed by atoms with E-state index in [1.54, 1.807) is 0 Å². The maximum Gasteiger partial charge on any atom is 0.290 e. The molecule has 0 atom stereocenters.